The summed E-state index contributed by atoms with van der Waals surface area (Å²) in [6.07, 6.45) is 2.99. The lowest BCUT2D eigenvalue weighted by Gasteiger charge is -2.20. The van der Waals surface area contributed by atoms with Crippen molar-refractivity contribution in [2.75, 3.05) is 26.7 Å². The predicted molar refractivity (Wildman–Crippen MR) is 62.8 cm³/mol. The topological polar surface area (TPSA) is 29.5 Å². The third kappa shape index (κ3) is 8.43. The summed E-state index contributed by atoms with van der Waals surface area (Å²) >= 11 is 0. The van der Waals surface area contributed by atoms with Crippen molar-refractivity contribution in [3.63, 3.8) is 0 Å². The van der Waals surface area contributed by atoms with Crippen molar-refractivity contribution in [1.29, 1.82) is 0 Å². The fourth-order valence-electron chi connectivity index (χ4n) is 1.72. The molecule has 0 aliphatic heterocycles. The molecule has 0 saturated heterocycles. The number of hydrogen-bond acceptors (Lipinski definition) is 3. The summed E-state index contributed by atoms with van der Waals surface area (Å²) in [5, 5.41) is 0. The minimum absolute atomic E-state index is 0.0903. The summed E-state index contributed by atoms with van der Waals surface area (Å²) in [7, 11) is 2.06. The second-order valence-corrected chi connectivity index (χ2v) is 4.21. The highest BCUT2D eigenvalue weighted by Gasteiger charge is 2.08. The van der Waals surface area contributed by atoms with Gasteiger partial charge in [0.25, 0.3) is 0 Å². The smallest absolute Gasteiger partial charge is 0.307 e. The van der Waals surface area contributed by atoms with E-state index in [-0.39, 0.29) is 5.97 Å². The van der Waals surface area contributed by atoms with Gasteiger partial charge in [-0.25, -0.2) is 0 Å². The Bertz CT molecular complexity index is 171. The molecule has 15 heavy (non-hydrogen) atoms. The molecule has 0 amide bonds. The Morgan fingerprint density at radius 1 is 1.40 bits per heavy atom. The van der Waals surface area contributed by atoms with E-state index in [0.717, 1.165) is 13.1 Å². The van der Waals surface area contributed by atoms with Crippen LogP contribution in [0.2, 0.25) is 0 Å². The van der Waals surface area contributed by atoms with Gasteiger partial charge in [0.05, 0.1) is 13.0 Å². The van der Waals surface area contributed by atoms with Crippen LogP contribution >= 0.6 is 0 Å². The fraction of sp³-hybridized carbons (Fsp3) is 0.917. The first-order chi connectivity index (χ1) is 7.10. The number of rotatable bonds is 8. The Morgan fingerprint density at radius 2 is 2.07 bits per heavy atom. The Balaban J connectivity index is 3.55. The highest BCUT2D eigenvalue weighted by atomic mass is 16.5. The quantitative estimate of drug-likeness (QED) is 0.582. The van der Waals surface area contributed by atoms with Gasteiger partial charge in [-0.1, -0.05) is 20.3 Å². The van der Waals surface area contributed by atoms with Crippen molar-refractivity contribution in [3.05, 3.63) is 0 Å². The molecule has 0 radical (unpaired) electrons. The lowest BCUT2D eigenvalue weighted by molar-refractivity contribution is -0.143. The Hall–Kier alpha value is -0.570. The van der Waals surface area contributed by atoms with Crippen LogP contribution in [0.1, 0.15) is 40.0 Å². The molecule has 0 saturated carbocycles. The first kappa shape index (κ1) is 14.4. The van der Waals surface area contributed by atoms with Crippen LogP contribution in [0, 0.1) is 5.92 Å². The maximum absolute atomic E-state index is 11.1. The average molecular weight is 215 g/mol. The lowest BCUT2D eigenvalue weighted by atomic mass is 10.1. The standard InChI is InChI=1S/C12H25NO2/c1-5-7-11(3)10-13(4)9-8-12(14)15-6-2/h11H,5-10H2,1-4H3. The van der Waals surface area contributed by atoms with Crippen molar-refractivity contribution < 1.29 is 9.53 Å². The number of carbonyl (C=O) groups is 1. The van der Waals surface area contributed by atoms with Gasteiger partial charge in [0.2, 0.25) is 0 Å². The molecule has 0 spiro atoms. The van der Waals surface area contributed by atoms with Gasteiger partial charge < -0.3 is 9.64 Å². The van der Waals surface area contributed by atoms with E-state index in [1.54, 1.807) is 0 Å². The van der Waals surface area contributed by atoms with E-state index < -0.39 is 0 Å². The molecule has 0 aliphatic rings. The third-order valence-electron chi connectivity index (χ3n) is 2.41. The zero-order valence-corrected chi connectivity index (χ0v) is 10.6. The number of hydrogen-bond donors (Lipinski definition) is 0. The summed E-state index contributed by atoms with van der Waals surface area (Å²) in [6.45, 7) is 8.64. The van der Waals surface area contributed by atoms with Gasteiger partial charge in [-0.2, -0.15) is 0 Å². The van der Waals surface area contributed by atoms with E-state index in [4.69, 9.17) is 4.74 Å². The molecule has 0 bridgehead atoms. The molecular weight excluding hydrogens is 190 g/mol. The van der Waals surface area contributed by atoms with Crippen molar-refractivity contribution in [2.45, 2.75) is 40.0 Å². The molecule has 0 N–H and O–H groups in total. The molecule has 1 atom stereocenters. The van der Waals surface area contributed by atoms with Gasteiger partial charge in [-0.05, 0) is 26.3 Å². The maximum atomic E-state index is 11.1. The summed E-state index contributed by atoms with van der Waals surface area (Å²) in [4.78, 5) is 13.3. The van der Waals surface area contributed by atoms with E-state index in [0.29, 0.717) is 18.9 Å². The number of ether oxygens (including phenoxy) is 1. The molecule has 3 heteroatoms. The second-order valence-electron chi connectivity index (χ2n) is 4.21. The first-order valence-corrected chi connectivity index (χ1v) is 5.94. The van der Waals surface area contributed by atoms with Gasteiger partial charge in [0.15, 0.2) is 0 Å². The van der Waals surface area contributed by atoms with E-state index in [1.165, 1.54) is 12.8 Å². The van der Waals surface area contributed by atoms with E-state index >= 15 is 0 Å². The van der Waals surface area contributed by atoms with Crippen LogP contribution in [0.25, 0.3) is 0 Å². The zero-order chi connectivity index (χ0) is 11.7. The van der Waals surface area contributed by atoms with Crippen molar-refractivity contribution in [3.8, 4) is 0 Å². The highest BCUT2D eigenvalue weighted by Crippen LogP contribution is 2.06. The first-order valence-electron chi connectivity index (χ1n) is 5.94. The predicted octanol–water partition coefficient (Wildman–Crippen LogP) is 2.31. The van der Waals surface area contributed by atoms with Crippen molar-refractivity contribution in [1.82, 2.24) is 4.90 Å². The lowest BCUT2D eigenvalue weighted by Crippen LogP contribution is -2.27. The van der Waals surface area contributed by atoms with Crippen LogP contribution in [-0.2, 0) is 9.53 Å². The molecule has 0 rings (SSSR count). The van der Waals surface area contributed by atoms with Crippen LogP contribution in [0.3, 0.4) is 0 Å². The Kier molecular flexibility index (Phi) is 8.38. The maximum Gasteiger partial charge on any atom is 0.307 e. The van der Waals surface area contributed by atoms with E-state index in [1.807, 2.05) is 6.92 Å². The third-order valence-corrected chi connectivity index (χ3v) is 2.41. The number of nitrogens with zero attached hydrogens (tertiary/aromatic N) is 1. The normalized spacial score (nSPS) is 12.9. The van der Waals surface area contributed by atoms with E-state index in [2.05, 4.69) is 25.8 Å². The summed E-state index contributed by atoms with van der Waals surface area (Å²) in [5.74, 6) is 0.620. The fourth-order valence-corrected chi connectivity index (χ4v) is 1.72. The van der Waals surface area contributed by atoms with Crippen molar-refractivity contribution >= 4 is 5.97 Å². The van der Waals surface area contributed by atoms with Gasteiger partial charge in [-0.3, -0.25) is 4.79 Å². The van der Waals surface area contributed by atoms with Crippen molar-refractivity contribution in [2.24, 2.45) is 5.92 Å². The van der Waals surface area contributed by atoms with E-state index in [9.17, 15) is 4.79 Å². The summed E-state index contributed by atoms with van der Waals surface area (Å²) < 4.78 is 4.88. The van der Waals surface area contributed by atoms with Gasteiger partial charge in [0, 0.05) is 13.1 Å². The summed E-state index contributed by atoms with van der Waals surface area (Å²) in [6, 6.07) is 0. The minimum atomic E-state index is -0.0903. The van der Waals surface area contributed by atoms with Crippen LogP contribution < -0.4 is 0 Å². The molecule has 0 aromatic carbocycles. The molecule has 0 aromatic rings. The molecule has 90 valence electrons. The minimum Gasteiger partial charge on any atom is -0.466 e. The van der Waals surface area contributed by atoms with Crippen LogP contribution in [0.4, 0.5) is 0 Å². The average Bonchev–Trinajstić information content (AvgIpc) is 2.15. The SMILES string of the molecule is CCCC(C)CN(C)CCC(=O)OCC. The monoisotopic (exact) mass is 215 g/mol. The van der Waals surface area contributed by atoms with Crippen LogP contribution in [-0.4, -0.2) is 37.6 Å². The number of carbonyl (C=O) groups excluding carboxylic acids is 1. The Morgan fingerprint density at radius 3 is 2.60 bits per heavy atom. The van der Waals surface area contributed by atoms with Gasteiger partial charge >= 0.3 is 5.97 Å². The zero-order valence-electron chi connectivity index (χ0n) is 10.6. The Labute approximate surface area is 93.8 Å². The number of esters is 1. The molecule has 1 unspecified atom stereocenters. The summed E-state index contributed by atoms with van der Waals surface area (Å²) in [5.41, 5.74) is 0. The molecule has 3 nitrogen and oxygen atoms in total. The van der Waals surface area contributed by atoms with Crippen LogP contribution in [0.15, 0.2) is 0 Å². The molecular formula is C12H25NO2. The van der Waals surface area contributed by atoms with Gasteiger partial charge in [-0.15, -0.1) is 0 Å². The van der Waals surface area contributed by atoms with Gasteiger partial charge in [0.1, 0.15) is 0 Å². The largest absolute Gasteiger partial charge is 0.466 e. The second kappa shape index (κ2) is 8.72. The molecule has 0 heterocycles. The van der Waals surface area contributed by atoms with Crippen LogP contribution in [0.5, 0.6) is 0 Å². The highest BCUT2D eigenvalue weighted by molar-refractivity contribution is 5.69. The molecule has 0 aromatic heterocycles. The molecule has 0 aliphatic carbocycles. The molecule has 0 fully saturated rings.